The highest BCUT2D eigenvalue weighted by Gasteiger charge is 2.60. The summed E-state index contributed by atoms with van der Waals surface area (Å²) in [4.78, 5) is 24.5. The van der Waals surface area contributed by atoms with Crippen LogP contribution < -0.4 is 0 Å². The van der Waals surface area contributed by atoms with Gasteiger partial charge in [-0.3, -0.25) is 4.79 Å². The van der Waals surface area contributed by atoms with Gasteiger partial charge in [-0.15, -0.1) is 0 Å². The molecular weight excluding hydrogens is 452 g/mol. The summed E-state index contributed by atoms with van der Waals surface area (Å²) in [5.74, 6) is -5.21. The standard InChI is InChI=1S/C19H32O14/c1-2-3-4-5-6-8(21)15(27)32-19(7-20)14(10(23)12(25)17(29)33-19)30-18-13(26)9(22)11(24)16(28)31-18/h9-14,16-18,20,22-26,28-29H,2-7H2,1H3/t9-,10-,11-,12+,13+,14-,16-,17+,18+,19-/m0/s1. The first-order valence-electron chi connectivity index (χ1n) is 10.6. The van der Waals surface area contributed by atoms with Crippen molar-refractivity contribution in [3.8, 4) is 0 Å². The Hall–Kier alpha value is -1.30. The van der Waals surface area contributed by atoms with Gasteiger partial charge in [0.1, 0.15) is 37.1 Å². The van der Waals surface area contributed by atoms with E-state index in [-0.39, 0.29) is 6.42 Å². The van der Waals surface area contributed by atoms with Crippen LogP contribution in [0.15, 0.2) is 0 Å². The largest absolute Gasteiger partial charge is 0.422 e. The van der Waals surface area contributed by atoms with Crippen molar-refractivity contribution in [1.29, 1.82) is 0 Å². The Labute approximate surface area is 188 Å². The first kappa shape index (κ1) is 27.9. The summed E-state index contributed by atoms with van der Waals surface area (Å²) < 4.78 is 20.1. The first-order chi connectivity index (χ1) is 15.5. The molecule has 2 rings (SSSR count). The number of ether oxygens (including phenoxy) is 4. The summed E-state index contributed by atoms with van der Waals surface area (Å²) in [6, 6.07) is 0. The van der Waals surface area contributed by atoms with Crippen molar-refractivity contribution < 1.29 is 69.4 Å². The number of aliphatic hydroxyl groups excluding tert-OH is 8. The summed E-state index contributed by atoms with van der Waals surface area (Å²) in [5.41, 5.74) is 0. The Bertz CT molecular complexity index is 660. The lowest BCUT2D eigenvalue weighted by Crippen LogP contribution is -2.70. The maximum absolute atomic E-state index is 12.3. The molecule has 2 aliphatic heterocycles. The Kier molecular flexibility index (Phi) is 10.1. The SMILES string of the molecule is CCCCCCC(=O)C(=O)O[C@@]1(CO)O[C@@H](O)[C@H](O)[C@H](O)[C@@H]1O[C@@H]1O[C@H](O)[C@@H](O)[C@H](O)[C@H]1O. The number of hydrogen-bond acceptors (Lipinski definition) is 14. The summed E-state index contributed by atoms with van der Waals surface area (Å²) in [6.07, 6.45) is -15.8. The molecule has 2 fully saturated rings. The van der Waals surface area contributed by atoms with Gasteiger partial charge in [-0.2, -0.15) is 0 Å². The molecule has 0 bridgehead atoms. The highest BCUT2D eigenvalue weighted by molar-refractivity contribution is 6.33. The number of carbonyl (C=O) groups is 2. The molecule has 0 unspecified atom stereocenters. The quantitative estimate of drug-likeness (QED) is 0.0838. The molecule has 0 saturated carbocycles. The number of esters is 1. The summed E-state index contributed by atoms with van der Waals surface area (Å²) in [7, 11) is 0. The van der Waals surface area contributed by atoms with Crippen LogP contribution in [-0.4, -0.2) is 120 Å². The number of hydrogen-bond donors (Lipinski definition) is 8. The lowest BCUT2D eigenvalue weighted by molar-refractivity contribution is -0.427. The van der Waals surface area contributed by atoms with E-state index in [1.807, 2.05) is 6.92 Å². The van der Waals surface area contributed by atoms with Crippen LogP contribution in [0.1, 0.15) is 39.0 Å². The van der Waals surface area contributed by atoms with E-state index in [2.05, 4.69) is 0 Å². The molecule has 10 atom stereocenters. The monoisotopic (exact) mass is 484 g/mol. The van der Waals surface area contributed by atoms with Gasteiger partial charge in [-0.1, -0.05) is 26.2 Å². The number of aliphatic hydroxyl groups is 8. The molecule has 0 amide bonds. The fourth-order valence-electron chi connectivity index (χ4n) is 3.49. The van der Waals surface area contributed by atoms with Crippen molar-refractivity contribution in [2.75, 3.05) is 6.61 Å². The number of ketones is 1. The van der Waals surface area contributed by atoms with E-state index in [0.717, 1.165) is 12.8 Å². The third kappa shape index (κ3) is 6.23. The second-order valence-corrected chi connectivity index (χ2v) is 8.01. The van der Waals surface area contributed by atoms with Crippen LogP contribution in [0.3, 0.4) is 0 Å². The third-order valence-corrected chi connectivity index (χ3v) is 5.50. The zero-order chi connectivity index (χ0) is 24.9. The molecule has 14 heteroatoms. The van der Waals surface area contributed by atoms with Crippen LogP contribution >= 0.6 is 0 Å². The minimum Gasteiger partial charge on any atom is -0.422 e. The van der Waals surface area contributed by atoms with Gasteiger partial charge in [0.15, 0.2) is 25.0 Å². The molecule has 0 radical (unpaired) electrons. The van der Waals surface area contributed by atoms with Gasteiger partial charge in [-0.05, 0) is 6.42 Å². The molecule has 0 aromatic heterocycles. The van der Waals surface area contributed by atoms with Crippen LogP contribution in [0.5, 0.6) is 0 Å². The molecule has 0 spiro atoms. The predicted molar refractivity (Wildman–Crippen MR) is 103 cm³/mol. The molecule has 33 heavy (non-hydrogen) atoms. The Morgan fingerprint density at radius 3 is 2.09 bits per heavy atom. The fraction of sp³-hybridized carbons (Fsp3) is 0.895. The van der Waals surface area contributed by atoms with E-state index < -0.39 is 79.6 Å². The number of rotatable bonds is 10. The number of unbranched alkanes of at least 4 members (excludes halogenated alkanes) is 3. The lowest BCUT2D eigenvalue weighted by atomic mass is 9.95. The van der Waals surface area contributed by atoms with E-state index in [9.17, 15) is 50.4 Å². The van der Waals surface area contributed by atoms with Gasteiger partial charge in [0.05, 0.1) is 0 Å². The van der Waals surface area contributed by atoms with Crippen LogP contribution in [0.2, 0.25) is 0 Å². The van der Waals surface area contributed by atoms with Crippen molar-refractivity contribution in [3.05, 3.63) is 0 Å². The van der Waals surface area contributed by atoms with Gasteiger partial charge in [-0.25, -0.2) is 4.79 Å². The van der Waals surface area contributed by atoms with Gasteiger partial charge in [0, 0.05) is 6.42 Å². The summed E-state index contributed by atoms with van der Waals surface area (Å²) in [5, 5.41) is 79.3. The molecular formula is C19H32O14. The highest BCUT2D eigenvalue weighted by atomic mass is 16.8. The van der Waals surface area contributed by atoms with E-state index in [1.165, 1.54) is 0 Å². The van der Waals surface area contributed by atoms with E-state index >= 15 is 0 Å². The Morgan fingerprint density at radius 2 is 1.48 bits per heavy atom. The van der Waals surface area contributed by atoms with Crippen molar-refractivity contribution in [3.63, 3.8) is 0 Å². The molecule has 192 valence electrons. The fourth-order valence-corrected chi connectivity index (χ4v) is 3.49. The van der Waals surface area contributed by atoms with Crippen LogP contribution in [0.25, 0.3) is 0 Å². The van der Waals surface area contributed by atoms with E-state index in [1.54, 1.807) is 0 Å². The second kappa shape index (κ2) is 11.9. The molecule has 0 aromatic rings. The molecule has 0 aliphatic carbocycles. The Morgan fingerprint density at radius 1 is 0.848 bits per heavy atom. The van der Waals surface area contributed by atoms with Gasteiger partial charge >= 0.3 is 5.97 Å². The van der Waals surface area contributed by atoms with Crippen molar-refractivity contribution in [2.45, 2.75) is 100 Å². The molecule has 2 heterocycles. The van der Waals surface area contributed by atoms with E-state index in [4.69, 9.17) is 18.9 Å². The van der Waals surface area contributed by atoms with Gasteiger partial charge in [0.2, 0.25) is 5.78 Å². The van der Waals surface area contributed by atoms with Crippen LogP contribution in [0, 0.1) is 0 Å². The molecule has 2 saturated heterocycles. The maximum atomic E-state index is 12.3. The normalized spacial score (nSPS) is 41.5. The van der Waals surface area contributed by atoms with Crippen LogP contribution in [0.4, 0.5) is 0 Å². The molecule has 14 nitrogen and oxygen atoms in total. The average molecular weight is 484 g/mol. The smallest absolute Gasteiger partial charge is 0.377 e. The van der Waals surface area contributed by atoms with Crippen molar-refractivity contribution >= 4 is 11.8 Å². The number of Topliss-reactive ketones (excluding diaryl/α,β-unsaturated/α-hetero) is 1. The first-order valence-corrected chi connectivity index (χ1v) is 10.6. The summed E-state index contributed by atoms with van der Waals surface area (Å²) >= 11 is 0. The Balaban J connectivity index is 2.23. The van der Waals surface area contributed by atoms with Crippen molar-refractivity contribution in [1.82, 2.24) is 0 Å². The van der Waals surface area contributed by atoms with Gasteiger partial charge < -0.3 is 59.8 Å². The lowest BCUT2D eigenvalue weighted by Gasteiger charge is -2.49. The topological polar surface area (TPSA) is 233 Å². The minimum atomic E-state index is -2.75. The molecule has 8 N–H and O–H groups in total. The average Bonchev–Trinajstić information content (AvgIpc) is 2.79. The van der Waals surface area contributed by atoms with Crippen molar-refractivity contribution in [2.24, 2.45) is 0 Å². The summed E-state index contributed by atoms with van der Waals surface area (Å²) in [6.45, 7) is 0.669. The molecule has 0 aromatic carbocycles. The maximum Gasteiger partial charge on any atom is 0.377 e. The van der Waals surface area contributed by atoms with Gasteiger partial charge in [0.25, 0.3) is 5.79 Å². The third-order valence-electron chi connectivity index (χ3n) is 5.50. The minimum absolute atomic E-state index is 0.180. The second-order valence-electron chi connectivity index (χ2n) is 8.01. The zero-order valence-corrected chi connectivity index (χ0v) is 18.0. The zero-order valence-electron chi connectivity index (χ0n) is 18.0. The van der Waals surface area contributed by atoms with Crippen LogP contribution in [-0.2, 0) is 28.5 Å². The predicted octanol–water partition coefficient (Wildman–Crippen LogP) is -4.03. The number of carbonyl (C=O) groups excluding carboxylic acids is 2. The highest BCUT2D eigenvalue weighted by Crippen LogP contribution is 2.35. The molecule has 2 aliphatic rings. The van der Waals surface area contributed by atoms with E-state index in [0.29, 0.717) is 12.8 Å².